The van der Waals surface area contributed by atoms with Gasteiger partial charge in [0.15, 0.2) is 0 Å². The van der Waals surface area contributed by atoms with Gasteiger partial charge in [0.05, 0.1) is 4.92 Å². The molecule has 0 aliphatic carbocycles. The summed E-state index contributed by atoms with van der Waals surface area (Å²) in [6.45, 7) is 0. The molecule has 1 aromatic rings. The highest BCUT2D eigenvalue weighted by molar-refractivity contribution is 14.1. The van der Waals surface area contributed by atoms with E-state index < -0.39 is 4.92 Å². The molecule has 1 rings (SSSR count). The van der Waals surface area contributed by atoms with Crippen molar-refractivity contribution >= 4 is 28.3 Å². The third kappa shape index (κ3) is 1.79. The normalized spacial score (nSPS) is 9.55. The largest absolute Gasteiger partial charge is 0.872 e. The molecule has 0 saturated heterocycles. The molecule has 0 radical (unpaired) electrons. The summed E-state index contributed by atoms with van der Waals surface area (Å²) in [7, 11) is 0. The first-order valence-corrected chi connectivity index (χ1v) is 3.80. The van der Waals surface area contributed by atoms with Crippen molar-refractivity contribution in [3.8, 4) is 5.75 Å². The Morgan fingerprint density at radius 3 is 2.55 bits per heavy atom. The zero-order chi connectivity index (χ0) is 8.43. The highest BCUT2D eigenvalue weighted by atomic mass is 127. The van der Waals surface area contributed by atoms with Gasteiger partial charge in [-0.2, -0.15) is 0 Å². The summed E-state index contributed by atoms with van der Waals surface area (Å²) in [6.07, 6.45) is 0. The smallest absolute Gasteiger partial charge is 0.270 e. The Bertz CT molecular complexity index is 300. The maximum Gasteiger partial charge on any atom is 0.270 e. The molecule has 0 aliphatic heterocycles. The Morgan fingerprint density at radius 2 is 2.09 bits per heavy atom. The van der Waals surface area contributed by atoms with Crippen molar-refractivity contribution in [2.24, 2.45) is 0 Å². The molecule has 1 aromatic carbocycles. The lowest BCUT2D eigenvalue weighted by molar-refractivity contribution is -0.385. The van der Waals surface area contributed by atoms with Crippen LogP contribution in [0.25, 0.3) is 0 Å². The fourth-order valence-corrected chi connectivity index (χ4v) is 1.10. The molecule has 5 heteroatoms. The van der Waals surface area contributed by atoms with Gasteiger partial charge in [-0.3, -0.25) is 10.1 Å². The third-order valence-corrected chi connectivity index (χ3v) is 1.97. The molecule has 0 unspecified atom stereocenters. The summed E-state index contributed by atoms with van der Waals surface area (Å²) >= 11 is 1.77. The van der Waals surface area contributed by atoms with Gasteiger partial charge in [0.25, 0.3) is 5.69 Å². The number of hydrogen-bond acceptors (Lipinski definition) is 3. The maximum absolute atomic E-state index is 10.8. The Kier molecular flexibility index (Phi) is 2.28. The minimum absolute atomic E-state index is 0.0472. The second-order valence-corrected chi connectivity index (χ2v) is 3.03. The van der Waals surface area contributed by atoms with Crippen LogP contribution >= 0.6 is 22.6 Å². The van der Waals surface area contributed by atoms with Crippen LogP contribution in [0.1, 0.15) is 0 Å². The molecule has 0 bridgehead atoms. The Labute approximate surface area is 76.1 Å². The van der Waals surface area contributed by atoms with Gasteiger partial charge in [-0.05, 0) is 22.6 Å². The first kappa shape index (κ1) is 8.25. The molecular weight excluding hydrogens is 261 g/mol. The van der Waals surface area contributed by atoms with Crippen LogP contribution in [0, 0.1) is 13.7 Å². The van der Waals surface area contributed by atoms with Crippen LogP contribution in [-0.2, 0) is 0 Å². The summed E-state index contributed by atoms with van der Waals surface area (Å²) in [6, 6.07) is 3.65. The highest BCUT2D eigenvalue weighted by Gasteiger charge is 2.03. The second-order valence-electron chi connectivity index (χ2n) is 1.87. The van der Waals surface area contributed by atoms with Gasteiger partial charge < -0.3 is 5.11 Å². The maximum atomic E-state index is 10.8. The standard InChI is InChI=1S/C6H4INO3/c7-5-3-4(8(10)11)1-2-6(5)9/h1-3,9H/p-1. The average Bonchev–Trinajstić information content (AvgIpc) is 1.94. The molecule has 0 aliphatic rings. The zero-order valence-electron chi connectivity index (χ0n) is 5.28. The lowest BCUT2D eigenvalue weighted by Crippen LogP contribution is -1.94. The summed E-state index contributed by atoms with van der Waals surface area (Å²) < 4.78 is 0.372. The fraction of sp³-hybridized carbons (Fsp3) is 0. The van der Waals surface area contributed by atoms with E-state index in [1.165, 1.54) is 18.2 Å². The zero-order valence-corrected chi connectivity index (χ0v) is 7.44. The topological polar surface area (TPSA) is 66.2 Å². The van der Waals surface area contributed by atoms with Gasteiger partial charge in [0, 0.05) is 15.7 Å². The van der Waals surface area contributed by atoms with E-state index in [2.05, 4.69) is 0 Å². The minimum Gasteiger partial charge on any atom is -0.872 e. The van der Waals surface area contributed by atoms with Crippen molar-refractivity contribution in [2.75, 3.05) is 0 Å². The summed E-state index contributed by atoms with van der Waals surface area (Å²) in [5, 5.41) is 20.9. The highest BCUT2D eigenvalue weighted by Crippen LogP contribution is 2.21. The predicted octanol–water partition coefficient (Wildman–Crippen LogP) is 1.27. The SMILES string of the molecule is O=[N+]([O-])c1ccc([O-])c(I)c1. The van der Waals surface area contributed by atoms with Crippen molar-refractivity contribution in [3.05, 3.63) is 31.9 Å². The molecular formula is C6H3INO3-. The molecule has 58 valence electrons. The van der Waals surface area contributed by atoms with Crippen molar-refractivity contribution < 1.29 is 10.0 Å². The first-order valence-electron chi connectivity index (χ1n) is 2.72. The van der Waals surface area contributed by atoms with E-state index in [4.69, 9.17) is 0 Å². The van der Waals surface area contributed by atoms with Crippen LogP contribution in [0.15, 0.2) is 18.2 Å². The number of rotatable bonds is 1. The quantitative estimate of drug-likeness (QED) is 0.436. The molecule has 0 spiro atoms. The van der Waals surface area contributed by atoms with Crippen molar-refractivity contribution in [3.63, 3.8) is 0 Å². The molecule has 4 nitrogen and oxygen atoms in total. The van der Waals surface area contributed by atoms with E-state index in [-0.39, 0.29) is 11.4 Å². The van der Waals surface area contributed by atoms with Crippen LogP contribution in [-0.4, -0.2) is 4.92 Å². The number of nitro benzene ring substituents is 1. The Balaban J connectivity index is 3.15. The Morgan fingerprint density at radius 1 is 1.45 bits per heavy atom. The lowest BCUT2D eigenvalue weighted by atomic mass is 10.3. The van der Waals surface area contributed by atoms with Crippen LogP contribution in [0.5, 0.6) is 5.75 Å². The average molecular weight is 264 g/mol. The van der Waals surface area contributed by atoms with E-state index in [9.17, 15) is 15.2 Å². The van der Waals surface area contributed by atoms with Crippen LogP contribution < -0.4 is 5.11 Å². The number of nitro groups is 1. The van der Waals surface area contributed by atoms with Gasteiger partial charge in [0.1, 0.15) is 0 Å². The molecule has 0 amide bonds. The van der Waals surface area contributed by atoms with Crippen LogP contribution in [0.4, 0.5) is 5.69 Å². The minimum atomic E-state index is -0.526. The molecule has 0 heterocycles. The van der Waals surface area contributed by atoms with E-state index in [0.29, 0.717) is 3.57 Å². The molecule has 0 saturated carbocycles. The van der Waals surface area contributed by atoms with Crippen molar-refractivity contribution in [1.82, 2.24) is 0 Å². The fourth-order valence-electron chi connectivity index (χ4n) is 0.603. The van der Waals surface area contributed by atoms with Gasteiger partial charge in [-0.1, -0.05) is 11.8 Å². The number of non-ortho nitro benzene ring substituents is 1. The summed E-state index contributed by atoms with van der Waals surface area (Å²) in [5.74, 6) is -0.184. The molecule has 11 heavy (non-hydrogen) atoms. The van der Waals surface area contributed by atoms with E-state index in [1.807, 2.05) is 0 Å². The van der Waals surface area contributed by atoms with Crippen LogP contribution in [0.2, 0.25) is 0 Å². The summed E-state index contributed by atoms with van der Waals surface area (Å²) in [4.78, 5) is 9.64. The molecule has 0 N–H and O–H groups in total. The van der Waals surface area contributed by atoms with Crippen LogP contribution in [0.3, 0.4) is 0 Å². The van der Waals surface area contributed by atoms with E-state index >= 15 is 0 Å². The van der Waals surface area contributed by atoms with Gasteiger partial charge in [-0.25, -0.2) is 0 Å². The summed E-state index contributed by atoms with van der Waals surface area (Å²) in [5.41, 5.74) is -0.0472. The van der Waals surface area contributed by atoms with Gasteiger partial charge in [0.2, 0.25) is 0 Å². The number of benzene rings is 1. The Hall–Kier alpha value is -0.850. The van der Waals surface area contributed by atoms with Crippen molar-refractivity contribution in [1.29, 1.82) is 0 Å². The first-order chi connectivity index (χ1) is 5.11. The monoisotopic (exact) mass is 264 g/mol. The second kappa shape index (κ2) is 3.04. The van der Waals surface area contributed by atoms with Gasteiger partial charge in [-0.15, -0.1) is 0 Å². The predicted molar refractivity (Wildman–Crippen MR) is 45.3 cm³/mol. The van der Waals surface area contributed by atoms with E-state index in [0.717, 1.165) is 0 Å². The number of hydrogen-bond donors (Lipinski definition) is 0. The molecule has 0 atom stereocenters. The number of halogens is 1. The molecule has 0 fully saturated rings. The molecule has 0 aromatic heterocycles. The third-order valence-electron chi connectivity index (χ3n) is 1.13. The number of nitrogens with zero attached hydrogens (tertiary/aromatic N) is 1. The van der Waals surface area contributed by atoms with Crippen molar-refractivity contribution in [2.45, 2.75) is 0 Å². The van der Waals surface area contributed by atoms with Gasteiger partial charge >= 0.3 is 0 Å². The van der Waals surface area contributed by atoms with E-state index in [1.54, 1.807) is 22.6 Å². The lowest BCUT2D eigenvalue weighted by Gasteiger charge is -2.05.